The molecule has 2 aliphatic heterocycles. The summed E-state index contributed by atoms with van der Waals surface area (Å²) in [4.78, 5) is 38.4. The predicted octanol–water partition coefficient (Wildman–Crippen LogP) is 4.03. The SMILES string of the molecule is O=c1[nH]c2ccc(-c3nc(C45C6C(c7cc(-c8cc(Cl)ccc8-n8cnnn8)cc(=O)n74)C65)[nH]c3F)cc2nc1C(F)(F)F. The predicted molar refractivity (Wildman–Crippen MR) is 146 cm³/mol. The fraction of sp³-hybridized carbons (Fsp3) is 0.179. The number of benzene rings is 2. The number of tetrazole rings is 1. The zero-order chi connectivity index (χ0) is 30.3. The standard InChI is InChI=1S/C28H14ClF4N9O2/c29-12-2-4-16(41-9-34-39-40-41)13(8-12)11-6-17-19-20-21(19)27(20,42(17)18(43)7-11)26-37-22(24(30)38-26)10-1-3-14-15(5-10)35-23(25(44)36-14)28(31,32)33/h1-9,19-21H,(H,36,44)(H,37,38). The van der Waals surface area contributed by atoms with Gasteiger partial charge in [0, 0.05) is 45.7 Å². The van der Waals surface area contributed by atoms with Crippen LogP contribution >= 0.6 is 11.6 Å². The van der Waals surface area contributed by atoms with Crippen LogP contribution in [0, 0.1) is 17.8 Å². The number of aromatic nitrogens is 9. The molecule has 6 heterocycles. The highest BCUT2D eigenvalue weighted by Crippen LogP contribution is 2.89. The van der Waals surface area contributed by atoms with Gasteiger partial charge in [0.15, 0.2) is 0 Å². The summed E-state index contributed by atoms with van der Waals surface area (Å²) in [6.07, 6.45) is -3.53. The van der Waals surface area contributed by atoms with E-state index >= 15 is 4.39 Å². The molecule has 2 N–H and O–H groups in total. The number of hydrogen-bond donors (Lipinski definition) is 2. The molecule has 44 heavy (non-hydrogen) atoms. The minimum absolute atomic E-state index is 0.0555. The number of aromatic amines is 2. The molecular weight excluding hydrogens is 606 g/mol. The third-order valence-electron chi connectivity index (χ3n) is 8.84. The number of pyridine rings is 1. The lowest BCUT2D eigenvalue weighted by molar-refractivity contribution is -0.142. The van der Waals surface area contributed by atoms with Crippen LogP contribution in [-0.2, 0) is 11.7 Å². The van der Waals surface area contributed by atoms with Gasteiger partial charge in [0.1, 0.15) is 23.4 Å². The second-order valence-electron chi connectivity index (χ2n) is 11.1. The molecule has 6 aromatic rings. The van der Waals surface area contributed by atoms with Crippen LogP contribution in [0.3, 0.4) is 0 Å². The van der Waals surface area contributed by atoms with Crippen LogP contribution < -0.4 is 11.1 Å². The van der Waals surface area contributed by atoms with Gasteiger partial charge in [0.2, 0.25) is 11.6 Å². The van der Waals surface area contributed by atoms with Crippen molar-refractivity contribution in [2.75, 3.05) is 0 Å². The number of nitrogens with zero attached hydrogens (tertiary/aromatic N) is 7. The Balaban J connectivity index is 1.13. The maximum absolute atomic E-state index is 15.4. The first-order valence-electron chi connectivity index (χ1n) is 13.3. The summed E-state index contributed by atoms with van der Waals surface area (Å²) in [5.74, 6) is -0.343. The lowest BCUT2D eigenvalue weighted by Gasteiger charge is -2.17. The van der Waals surface area contributed by atoms with E-state index in [1.165, 1.54) is 35.3 Å². The Labute approximate surface area is 246 Å². The number of nitrogens with one attached hydrogen (secondary N) is 2. The Hall–Kier alpha value is -5.18. The molecule has 4 aliphatic rings. The quantitative estimate of drug-likeness (QED) is 0.284. The van der Waals surface area contributed by atoms with Crippen LogP contribution in [0.4, 0.5) is 17.6 Å². The van der Waals surface area contributed by atoms with E-state index in [1.54, 1.807) is 22.8 Å². The van der Waals surface area contributed by atoms with Crippen molar-refractivity contribution < 1.29 is 17.6 Å². The molecule has 0 spiro atoms. The van der Waals surface area contributed by atoms with Gasteiger partial charge in [-0.2, -0.15) is 22.2 Å². The van der Waals surface area contributed by atoms with Crippen molar-refractivity contribution in [3.63, 3.8) is 0 Å². The monoisotopic (exact) mass is 619 g/mol. The molecule has 11 nitrogen and oxygen atoms in total. The van der Waals surface area contributed by atoms with Gasteiger partial charge in [-0.25, -0.2) is 9.97 Å². The molecule has 2 aromatic carbocycles. The van der Waals surface area contributed by atoms with Crippen LogP contribution in [0.5, 0.6) is 0 Å². The van der Waals surface area contributed by atoms with Gasteiger partial charge in [-0.3, -0.25) is 14.2 Å². The minimum Gasteiger partial charge on any atom is -0.319 e. The number of halogens is 5. The Morgan fingerprint density at radius 2 is 1.77 bits per heavy atom. The zero-order valence-electron chi connectivity index (χ0n) is 21.8. The molecule has 2 aliphatic carbocycles. The van der Waals surface area contributed by atoms with E-state index in [9.17, 15) is 22.8 Å². The molecule has 10 rings (SSSR count). The zero-order valence-corrected chi connectivity index (χ0v) is 22.5. The van der Waals surface area contributed by atoms with Crippen LogP contribution in [0.15, 0.2) is 64.4 Å². The van der Waals surface area contributed by atoms with Gasteiger partial charge < -0.3 is 9.97 Å². The average Bonchev–Trinajstić information content (AvgIpc) is 3.51. The number of hydrogen-bond acceptors (Lipinski definition) is 7. The number of rotatable bonds is 4. The first-order valence-corrected chi connectivity index (χ1v) is 13.6. The third-order valence-corrected chi connectivity index (χ3v) is 9.07. The topological polar surface area (TPSA) is 140 Å². The molecule has 16 heteroatoms. The second kappa shape index (κ2) is 8.05. The number of H-pyrrole nitrogens is 2. The molecular formula is C28H14ClF4N9O2. The Morgan fingerprint density at radius 3 is 2.52 bits per heavy atom. The van der Waals surface area contributed by atoms with E-state index in [4.69, 9.17) is 11.6 Å². The Kier molecular flexibility index (Phi) is 4.63. The highest BCUT2D eigenvalue weighted by atomic mass is 35.5. The molecule has 0 saturated heterocycles. The highest BCUT2D eigenvalue weighted by Gasteiger charge is 2.92. The van der Waals surface area contributed by atoms with Crippen LogP contribution in [0.1, 0.15) is 23.1 Å². The van der Waals surface area contributed by atoms with Crippen molar-refractivity contribution >= 4 is 22.6 Å². The van der Waals surface area contributed by atoms with Gasteiger partial charge in [0.05, 0.1) is 16.7 Å². The Morgan fingerprint density at radius 1 is 0.955 bits per heavy atom. The van der Waals surface area contributed by atoms with E-state index < -0.39 is 28.9 Å². The first kappa shape index (κ1) is 25.3. The fourth-order valence-electron chi connectivity index (χ4n) is 7.01. The van der Waals surface area contributed by atoms with Crippen LogP contribution in [-0.4, -0.2) is 44.7 Å². The van der Waals surface area contributed by atoms with Crippen molar-refractivity contribution in [3.05, 3.63) is 104 Å². The summed E-state index contributed by atoms with van der Waals surface area (Å²) in [6, 6.07) is 12.6. The van der Waals surface area contributed by atoms with E-state index in [-0.39, 0.29) is 51.4 Å². The van der Waals surface area contributed by atoms with Crippen LogP contribution in [0.2, 0.25) is 5.02 Å². The maximum atomic E-state index is 15.4. The summed E-state index contributed by atoms with van der Waals surface area (Å²) >= 11 is 6.30. The van der Waals surface area contributed by atoms with Gasteiger partial charge in [-0.15, -0.1) is 5.10 Å². The van der Waals surface area contributed by atoms with E-state index in [1.807, 2.05) is 6.07 Å². The molecule has 2 bridgehead atoms. The van der Waals surface area contributed by atoms with E-state index in [0.29, 0.717) is 21.8 Å². The minimum atomic E-state index is -4.96. The lowest BCUT2D eigenvalue weighted by Crippen LogP contribution is -2.33. The van der Waals surface area contributed by atoms with Crippen molar-refractivity contribution in [2.45, 2.75) is 17.6 Å². The third kappa shape index (κ3) is 3.18. The van der Waals surface area contributed by atoms with E-state index in [0.717, 1.165) is 5.69 Å². The molecule has 0 radical (unpaired) electrons. The normalized spacial score (nSPS) is 22.7. The number of imidazole rings is 1. The smallest absolute Gasteiger partial charge is 0.319 e. The summed E-state index contributed by atoms with van der Waals surface area (Å²) in [5, 5.41) is 11.8. The maximum Gasteiger partial charge on any atom is 0.438 e. The van der Waals surface area contributed by atoms with Crippen LogP contribution in [0.25, 0.3) is 39.1 Å². The fourth-order valence-corrected chi connectivity index (χ4v) is 7.18. The largest absolute Gasteiger partial charge is 0.438 e. The van der Waals surface area contributed by atoms with Crippen molar-refractivity contribution in [1.29, 1.82) is 0 Å². The molecule has 2 fully saturated rings. The Bertz CT molecular complexity index is 2330. The van der Waals surface area contributed by atoms with Gasteiger partial charge in [0.25, 0.3) is 11.1 Å². The van der Waals surface area contributed by atoms with Gasteiger partial charge in [-0.1, -0.05) is 17.7 Å². The summed E-state index contributed by atoms with van der Waals surface area (Å²) < 4.78 is 58.3. The molecule has 2 atom stereocenters. The van der Waals surface area contributed by atoms with Crippen molar-refractivity contribution in [1.82, 2.24) is 44.7 Å². The number of alkyl halides is 3. The summed E-state index contributed by atoms with van der Waals surface area (Å²) in [5.41, 5.74) is -1.51. The molecule has 218 valence electrons. The van der Waals surface area contributed by atoms with E-state index in [2.05, 4.69) is 35.5 Å². The summed E-state index contributed by atoms with van der Waals surface area (Å²) in [6.45, 7) is 0. The van der Waals surface area contributed by atoms with Crippen molar-refractivity contribution in [3.8, 4) is 28.1 Å². The second-order valence-corrected chi connectivity index (χ2v) is 11.5. The summed E-state index contributed by atoms with van der Waals surface area (Å²) in [7, 11) is 0. The van der Waals surface area contributed by atoms with Crippen molar-refractivity contribution in [2.24, 2.45) is 11.8 Å². The molecule has 4 aromatic heterocycles. The molecule has 0 amide bonds. The number of fused-ring (bicyclic) bond motifs is 1. The first-order chi connectivity index (χ1) is 21.1. The van der Waals surface area contributed by atoms with Gasteiger partial charge in [-0.05, 0) is 52.4 Å². The molecule has 2 unspecified atom stereocenters. The molecule has 2 saturated carbocycles. The highest BCUT2D eigenvalue weighted by molar-refractivity contribution is 6.31. The van der Waals surface area contributed by atoms with Gasteiger partial charge >= 0.3 is 6.18 Å². The average molecular weight is 620 g/mol. The lowest BCUT2D eigenvalue weighted by atomic mass is 10.00.